The molecule has 0 spiro atoms. The summed E-state index contributed by atoms with van der Waals surface area (Å²) in [5.41, 5.74) is 1.90. The van der Waals surface area contributed by atoms with Crippen LogP contribution in [0.15, 0.2) is 42.5 Å². The van der Waals surface area contributed by atoms with E-state index in [4.69, 9.17) is 34.8 Å². The van der Waals surface area contributed by atoms with Crippen LogP contribution in [0.2, 0.25) is 15.1 Å². The molecule has 0 unspecified atom stereocenters. The van der Waals surface area contributed by atoms with E-state index in [1.165, 1.54) is 11.8 Å². The molecule has 2 aromatic rings. The Labute approximate surface area is 203 Å². The van der Waals surface area contributed by atoms with Crippen molar-refractivity contribution >= 4 is 58.4 Å². The van der Waals surface area contributed by atoms with Crippen LogP contribution >= 0.6 is 46.6 Å². The Morgan fingerprint density at radius 2 is 1.61 bits per heavy atom. The lowest BCUT2D eigenvalue weighted by atomic mass is 10.1. The number of hydrogen-bond donors (Lipinski definition) is 1. The van der Waals surface area contributed by atoms with Gasteiger partial charge < -0.3 is 10.2 Å². The third-order valence-corrected chi connectivity index (χ3v) is 6.58. The fourth-order valence-electron chi connectivity index (χ4n) is 2.79. The summed E-state index contributed by atoms with van der Waals surface area (Å²) in [6.07, 6.45) is 0. The van der Waals surface area contributed by atoms with E-state index in [1.807, 2.05) is 32.0 Å². The molecule has 2 aromatic carbocycles. The van der Waals surface area contributed by atoms with E-state index in [-0.39, 0.29) is 17.6 Å². The Balaban J connectivity index is 2.05. The van der Waals surface area contributed by atoms with Gasteiger partial charge in [-0.25, -0.2) is 0 Å². The van der Waals surface area contributed by atoms with Crippen molar-refractivity contribution in [1.29, 1.82) is 0 Å². The SMILES string of the molecule is CC(C)CNC(=O)[C@@H](C)N(Cc1ccc(Cl)cc1)C(=O)CSCc1ccc(Cl)c(Cl)c1. The Morgan fingerprint density at radius 1 is 0.968 bits per heavy atom. The first kappa shape index (κ1) is 25.9. The average Bonchev–Trinajstić information content (AvgIpc) is 2.73. The van der Waals surface area contributed by atoms with Crippen LogP contribution in [-0.2, 0) is 21.9 Å². The van der Waals surface area contributed by atoms with Crippen LogP contribution in [0, 0.1) is 5.92 Å². The summed E-state index contributed by atoms with van der Waals surface area (Å²) < 4.78 is 0. The van der Waals surface area contributed by atoms with Gasteiger partial charge >= 0.3 is 0 Å². The number of nitrogens with one attached hydrogen (secondary N) is 1. The highest BCUT2D eigenvalue weighted by Crippen LogP contribution is 2.25. The molecule has 2 amide bonds. The van der Waals surface area contributed by atoms with Crippen molar-refractivity contribution in [2.45, 2.75) is 39.1 Å². The third kappa shape index (κ3) is 8.57. The van der Waals surface area contributed by atoms with Gasteiger partial charge in [-0.3, -0.25) is 9.59 Å². The summed E-state index contributed by atoms with van der Waals surface area (Å²) in [5.74, 6) is 0.928. The normalized spacial score (nSPS) is 12.0. The first-order valence-electron chi connectivity index (χ1n) is 10.0. The first-order valence-corrected chi connectivity index (χ1v) is 12.3. The van der Waals surface area contributed by atoms with Crippen LogP contribution in [-0.4, -0.2) is 35.1 Å². The molecular formula is C23H27Cl3N2O2S. The van der Waals surface area contributed by atoms with Gasteiger partial charge in [0.05, 0.1) is 15.8 Å². The quantitative estimate of drug-likeness (QED) is 0.430. The number of carbonyl (C=O) groups excluding carboxylic acids is 2. The number of halogens is 3. The molecule has 0 aliphatic carbocycles. The molecule has 168 valence electrons. The molecule has 2 rings (SSSR count). The van der Waals surface area contributed by atoms with Crippen molar-refractivity contribution in [3.63, 3.8) is 0 Å². The largest absolute Gasteiger partial charge is 0.354 e. The van der Waals surface area contributed by atoms with Crippen LogP contribution in [0.5, 0.6) is 0 Å². The number of hydrogen-bond acceptors (Lipinski definition) is 3. The van der Waals surface area contributed by atoms with Crippen molar-refractivity contribution in [1.82, 2.24) is 10.2 Å². The fraction of sp³-hybridized carbons (Fsp3) is 0.391. The van der Waals surface area contributed by atoms with E-state index in [0.29, 0.717) is 39.8 Å². The van der Waals surface area contributed by atoms with Crippen LogP contribution < -0.4 is 5.32 Å². The van der Waals surface area contributed by atoms with E-state index >= 15 is 0 Å². The Bertz CT molecular complexity index is 891. The molecule has 0 heterocycles. The molecule has 0 aliphatic heterocycles. The van der Waals surface area contributed by atoms with Crippen molar-refractivity contribution in [2.24, 2.45) is 5.92 Å². The van der Waals surface area contributed by atoms with E-state index in [0.717, 1.165) is 11.1 Å². The molecule has 0 fully saturated rings. The zero-order chi connectivity index (χ0) is 23.0. The number of benzene rings is 2. The number of carbonyl (C=O) groups is 2. The van der Waals surface area contributed by atoms with E-state index in [2.05, 4.69) is 5.32 Å². The van der Waals surface area contributed by atoms with E-state index < -0.39 is 6.04 Å². The highest BCUT2D eigenvalue weighted by molar-refractivity contribution is 7.99. The average molecular weight is 502 g/mol. The van der Waals surface area contributed by atoms with Crippen molar-refractivity contribution in [3.8, 4) is 0 Å². The maximum atomic E-state index is 13.1. The summed E-state index contributed by atoms with van der Waals surface area (Å²) in [4.78, 5) is 27.3. The van der Waals surface area contributed by atoms with Crippen LogP contribution in [0.25, 0.3) is 0 Å². The second-order valence-electron chi connectivity index (χ2n) is 7.70. The zero-order valence-corrected chi connectivity index (χ0v) is 20.9. The molecule has 31 heavy (non-hydrogen) atoms. The minimum absolute atomic E-state index is 0.104. The zero-order valence-electron chi connectivity index (χ0n) is 17.8. The fourth-order valence-corrected chi connectivity index (χ4v) is 4.09. The smallest absolute Gasteiger partial charge is 0.242 e. The van der Waals surface area contributed by atoms with Crippen LogP contribution in [0.4, 0.5) is 0 Å². The third-order valence-electron chi connectivity index (χ3n) is 4.60. The molecule has 0 aromatic heterocycles. The van der Waals surface area contributed by atoms with Gasteiger partial charge in [-0.1, -0.05) is 66.8 Å². The monoisotopic (exact) mass is 500 g/mol. The maximum absolute atomic E-state index is 13.1. The van der Waals surface area contributed by atoms with Crippen LogP contribution in [0.3, 0.4) is 0 Å². The molecule has 0 saturated heterocycles. The molecule has 0 saturated carbocycles. The van der Waals surface area contributed by atoms with Gasteiger partial charge in [0, 0.05) is 23.9 Å². The van der Waals surface area contributed by atoms with Gasteiger partial charge in [-0.05, 0) is 48.2 Å². The van der Waals surface area contributed by atoms with Gasteiger partial charge in [0.25, 0.3) is 0 Å². The second-order valence-corrected chi connectivity index (χ2v) is 9.94. The van der Waals surface area contributed by atoms with Gasteiger partial charge in [0.15, 0.2) is 0 Å². The molecule has 0 bridgehead atoms. The lowest BCUT2D eigenvalue weighted by molar-refractivity contribution is -0.138. The molecule has 0 aliphatic rings. The first-order chi connectivity index (χ1) is 14.7. The highest BCUT2D eigenvalue weighted by Gasteiger charge is 2.26. The van der Waals surface area contributed by atoms with Crippen molar-refractivity contribution in [2.75, 3.05) is 12.3 Å². The molecular weight excluding hydrogens is 475 g/mol. The molecule has 8 heteroatoms. The Morgan fingerprint density at radius 3 is 2.23 bits per heavy atom. The molecule has 1 N–H and O–H groups in total. The van der Waals surface area contributed by atoms with Gasteiger partial charge in [0.2, 0.25) is 11.8 Å². The summed E-state index contributed by atoms with van der Waals surface area (Å²) in [6, 6.07) is 12.1. The lowest BCUT2D eigenvalue weighted by Gasteiger charge is -2.29. The lowest BCUT2D eigenvalue weighted by Crippen LogP contribution is -2.48. The summed E-state index contributed by atoms with van der Waals surface area (Å²) >= 11 is 19.5. The summed E-state index contributed by atoms with van der Waals surface area (Å²) in [7, 11) is 0. The number of nitrogens with zero attached hydrogens (tertiary/aromatic N) is 1. The van der Waals surface area contributed by atoms with Crippen molar-refractivity contribution < 1.29 is 9.59 Å². The number of thioether (sulfide) groups is 1. The number of rotatable bonds is 10. The minimum Gasteiger partial charge on any atom is -0.354 e. The Kier molecular flexibility index (Phi) is 10.5. The molecule has 1 atom stereocenters. The van der Waals surface area contributed by atoms with Crippen LogP contribution in [0.1, 0.15) is 31.9 Å². The molecule has 0 radical (unpaired) electrons. The summed E-state index contributed by atoms with van der Waals surface area (Å²) in [6.45, 7) is 6.72. The highest BCUT2D eigenvalue weighted by atomic mass is 35.5. The summed E-state index contributed by atoms with van der Waals surface area (Å²) in [5, 5.41) is 4.54. The van der Waals surface area contributed by atoms with Gasteiger partial charge in [-0.15, -0.1) is 11.8 Å². The van der Waals surface area contributed by atoms with Crippen molar-refractivity contribution in [3.05, 3.63) is 68.7 Å². The predicted molar refractivity (Wildman–Crippen MR) is 132 cm³/mol. The maximum Gasteiger partial charge on any atom is 0.242 e. The second kappa shape index (κ2) is 12.6. The van der Waals surface area contributed by atoms with Gasteiger partial charge in [0.1, 0.15) is 6.04 Å². The standard InChI is InChI=1S/C23H27Cl3N2O2S/c1-15(2)11-27-23(30)16(3)28(12-17-4-7-19(24)8-5-17)22(29)14-31-13-18-6-9-20(25)21(26)10-18/h4-10,15-16H,11-14H2,1-3H3,(H,27,30)/t16-/m1/s1. The number of amides is 2. The van der Waals surface area contributed by atoms with Gasteiger partial charge in [-0.2, -0.15) is 0 Å². The van der Waals surface area contributed by atoms with E-state index in [9.17, 15) is 9.59 Å². The van der Waals surface area contributed by atoms with E-state index in [1.54, 1.807) is 36.1 Å². The topological polar surface area (TPSA) is 49.4 Å². The predicted octanol–water partition coefficient (Wildman–Crippen LogP) is 6.07. The molecule has 4 nitrogen and oxygen atoms in total. The Hall–Kier alpha value is -1.40. The minimum atomic E-state index is -0.590.